The molecule has 0 spiro atoms. The van der Waals surface area contributed by atoms with Gasteiger partial charge in [-0.2, -0.15) is 0 Å². The number of rotatable bonds is 8. The minimum Gasteiger partial charge on any atom is -0.494 e. The quantitative estimate of drug-likeness (QED) is 0.722. The van der Waals surface area contributed by atoms with Gasteiger partial charge in [-0.3, -0.25) is 4.79 Å². The molecule has 21 heavy (non-hydrogen) atoms. The summed E-state index contributed by atoms with van der Waals surface area (Å²) in [6.07, 6.45) is 0.880. The Morgan fingerprint density at radius 3 is 2.67 bits per heavy atom. The van der Waals surface area contributed by atoms with Crippen molar-refractivity contribution in [2.24, 2.45) is 5.41 Å². The third-order valence-electron chi connectivity index (χ3n) is 3.21. The molecule has 1 amide bonds. The van der Waals surface area contributed by atoms with E-state index >= 15 is 0 Å². The molecule has 0 saturated heterocycles. The van der Waals surface area contributed by atoms with E-state index in [2.05, 4.69) is 19.2 Å². The second kappa shape index (κ2) is 7.88. The van der Waals surface area contributed by atoms with E-state index in [0.717, 1.165) is 6.42 Å². The van der Waals surface area contributed by atoms with E-state index in [1.54, 1.807) is 25.3 Å². The molecule has 0 aliphatic rings. The van der Waals surface area contributed by atoms with E-state index in [-0.39, 0.29) is 11.3 Å². The Labute approximate surface area is 126 Å². The zero-order chi connectivity index (χ0) is 15.9. The van der Waals surface area contributed by atoms with Gasteiger partial charge in [0.15, 0.2) is 0 Å². The number of carbonyl (C=O) groups excluding carboxylic acids is 1. The molecule has 0 bridgehead atoms. The van der Waals surface area contributed by atoms with Crippen molar-refractivity contribution in [2.75, 3.05) is 32.6 Å². The van der Waals surface area contributed by atoms with Crippen molar-refractivity contribution >= 4 is 11.6 Å². The van der Waals surface area contributed by atoms with Gasteiger partial charge < -0.3 is 20.5 Å². The number of amides is 1. The average molecular weight is 294 g/mol. The van der Waals surface area contributed by atoms with Crippen LogP contribution in [0.25, 0.3) is 0 Å². The van der Waals surface area contributed by atoms with Crippen LogP contribution in [0.1, 0.15) is 37.6 Å². The van der Waals surface area contributed by atoms with E-state index in [1.807, 2.05) is 6.92 Å². The largest absolute Gasteiger partial charge is 0.494 e. The van der Waals surface area contributed by atoms with Crippen LogP contribution in [0.3, 0.4) is 0 Å². The molecule has 0 atom stereocenters. The summed E-state index contributed by atoms with van der Waals surface area (Å²) in [5.41, 5.74) is 6.81. The van der Waals surface area contributed by atoms with Crippen LogP contribution in [-0.2, 0) is 4.74 Å². The van der Waals surface area contributed by atoms with E-state index in [1.165, 1.54) is 0 Å². The van der Waals surface area contributed by atoms with Crippen molar-refractivity contribution in [3.8, 4) is 5.75 Å². The molecule has 0 aliphatic carbocycles. The van der Waals surface area contributed by atoms with Crippen LogP contribution in [0.2, 0.25) is 0 Å². The van der Waals surface area contributed by atoms with Crippen LogP contribution in [0, 0.1) is 5.41 Å². The minimum absolute atomic E-state index is 0.0191. The van der Waals surface area contributed by atoms with Gasteiger partial charge in [0, 0.05) is 37.6 Å². The summed E-state index contributed by atoms with van der Waals surface area (Å²) in [7, 11) is 1.68. The maximum Gasteiger partial charge on any atom is 0.251 e. The van der Waals surface area contributed by atoms with Crippen LogP contribution >= 0.6 is 0 Å². The van der Waals surface area contributed by atoms with Crippen molar-refractivity contribution in [3.05, 3.63) is 23.8 Å². The lowest BCUT2D eigenvalue weighted by Gasteiger charge is -2.24. The van der Waals surface area contributed by atoms with Crippen LogP contribution in [-0.4, -0.2) is 32.8 Å². The highest BCUT2D eigenvalue weighted by Crippen LogP contribution is 2.21. The summed E-state index contributed by atoms with van der Waals surface area (Å²) in [6, 6.07) is 5.07. The maximum absolute atomic E-state index is 12.2. The summed E-state index contributed by atoms with van der Waals surface area (Å²) in [6.45, 7) is 7.87. The number of ether oxygens (including phenoxy) is 2. The second-order valence-electron chi connectivity index (χ2n) is 5.81. The Hall–Kier alpha value is -1.75. The van der Waals surface area contributed by atoms with E-state index < -0.39 is 0 Å². The molecule has 1 aromatic carbocycles. The maximum atomic E-state index is 12.2. The van der Waals surface area contributed by atoms with Crippen LogP contribution in [0.5, 0.6) is 5.75 Å². The topological polar surface area (TPSA) is 73.6 Å². The average Bonchev–Trinajstić information content (AvgIpc) is 2.42. The van der Waals surface area contributed by atoms with Gasteiger partial charge in [-0.15, -0.1) is 0 Å². The lowest BCUT2D eigenvalue weighted by Crippen LogP contribution is -2.34. The Morgan fingerprint density at radius 1 is 1.33 bits per heavy atom. The lowest BCUT2D eigenvalue weighted by molar-refractivity contribution is 0.0920. The third-order valence-corrected chi connectivity index (χ3v) is 3.21. The van der Waals surface area contributed by atoms with Crippen molar-refractivity contribution < 1.29 is 14.3 Å². The number of hydrogen-bond donors (Lipinski definition) is 2. The van der Waals surface area contributed by atoms with Gasteiger partial charge in [0.2, 0.25) is 0 Å². The molecule has 0 aromatic heterocycles. The SMILES string of the molecule is CCOc1cc(N)cc(C(=O)NCC(C)(C)CCOC)c1. The smallest absolute Gasteiger partial charge is 0.251 e. The first-order valence-electron chi connectivity index (χ1n) is 7.18. The lowest BCUT2D eigenvalue weighted by atomic mass is 9.89. The molecular formula is C16H26N2O3. The number of nitrogen functional groups attached to an aromatic ring is 1. The molecule has 0 radical (unpaired) electrons. The van der Waals surface area contributed by atoms with Gasteiger partial charge in [-0.05, 0) is 30.9 Å². The van der Waals surface area contributed by atoms with E-state index in [0.29, 0.717) is 36.8 Å². The summed E-state index contributed by atoms with van der Waals surface area (Å²) in [5.74, 6) is 0.468. The first-order valence-corrected chi connectivity index (χ1v) is 7.18. The van der Waals surface area contributed by atoms with Crippen LogP contribution in [0.15, 0.2) is 18.2 Å². The minimum atomic E-state index is -0.145. The first kappa shape index (κ1) is 17.3. The number of anilines is 1. The Kier molecular flexibility index (Phi) is 6.49. The molecule has 0 fully saturated rings. The van der Waals surface area contributed by atoms with Crippen LogP contribution < -0.4 is 15.8 Å². The fraction of sp³-hybridized carbons (Fsp3) is 0.562. The van der Waals surface area contributed by atoms with E-state index in [9.17, 15) is 4.79 Å². The number of hydrogen-bond acceptors (Lipinski definition) is 4. The van der Waals surface area contributed by atoms with Gasteiger partial charge in [-0.1, -0.05) is 13.8 Å². The van der Waals surface area contributed by atoms with Gasteiger partial charge >= 0.3 is 0 Å². The molecule has 5 heteroatoms. The molecule has 0 heterocycles. The number of carbonyl (C=O) groups is 1. The Morgan fingerprint density at radius 2 is 2.05 bits per heavy atom. The molecule has 1 rings (SSSR count). The van der Waals surface area contributed by atoms with Gasteiger partial charge in [-0.25, -0.2) is 0 Å². The Bertz CT molecular complexity index is 473. The standard InChI is InChI=1S/C16H26N2O3/c1-5-21-14-9-12(8-13(17)10-14)15(19)18-11-16(2,3)6-7-20-4/h8-10H,5-7,11,17H2,1-4H3,(H,18,19). The fourth-order valence-electron chi connectivity index (χ4n) is 1.89. The molecule has 0 aliphatic heterocycles. The zero-order valence-corrected chi connectivity index (χ0v) is 13.4. The Balaban J connectivity index is 2.67. The number of benzene rings is 1. The third kappa shape index (κ3) is 6.04. The second-order valence-corrected chi connectivity index (χ2v) is 5.81. The normalized spacial score (nSPS) is 11.2. The van der Waals surface area contributed by atoms with Crippen LogP contribution in [0.4, 0.5) is 5.69 Å². The molecule has 1 aromatic rings. The fourth-order valence-corrected chi connectivity index (χ4v) is 1.89. The zero-order valence-electron chi connectivity index (χ0n) is 13.4. The molecule has 5 nitrogen and oxygen atoms in total. The highest BCUT2D eigenvalue weighted by atomic mass is 16.5. The van der Waals surface area contributed by atoms with Gasteiger partial charge in [0.05, 0.1) is 6.61 Å². The molecule has 118 valence electrons. The summed E-state index contributed by atoms with van der Waals surface area (Å²) < 4.78 is 10.5. The summed E-state index contributed by atoms with van der Waals surface area (Å²) in [4.78, 5) is 12.2. The first-order chi connectivity index (χ1) is 9.88. The highest BCUT2D eigenvalue weighted by molar-refractivity contribution is 5.95. The summed E-state index contributed by atoms with van der Waals surface area (Å²) >= 11 is 0. The van der Waals surface area contributed by atoms with Gasteiger partial charge in [0.25, 0.3) is 5.91 Å². The molecule has 0 unspecified atom stereocenters. The van der Waals surface area contributed by atoms with Crippen molar-refractivity contribution in [2.45, 2.75) is 27.2 Å². The molecule has 0 saturated carbocycles. The summed E-state index contributed by atoms with van der Waals surface area (Å²) in [5, 5.41) is 2.94. The van der Waals surface area contributed by atoms with Crippen molar-refractivity contribution in [1.82, 2.24) is 5.32 Å². The van der Waals surface area contributed by atoms with Gasteiger partial charge in [0.1, 0.15) is 5.75 Å². The number of methoxy groups -OCH3 is 1. The van der Waals surface area contributed by atoms with E-state index in [4.69, 9.17) is 15.2 Å². The molecule has 3 N–H and O–H groups in total. The molecular weight excluding hydrogens is 268 g/mol. The monoisotopic (exact) mass is 294 g/mol. The van der Waals surface area contributed by atoms with Crippen molar-refractivity contribution in [1.29, 1.82) is 0 Å². The predicted octanol–water partition coefficient (Wildman–Crippen LogP) is 2.46. The number of nitrogens with one attached hydrogen (secondary N) is 1. The number of nitrogens with two attached hydrogens (primary N) is 1. The predicted molar refractivity (Wildman–Crippen MR) is 84.6 cm³/mol. The van der Waals surface area contributed by atoms with Crippen molar-refractivity contribution in [3.63, 3.8) is 0 Å². The highest BCUT2D eigenvalue weighted by Gasteiger charge is 2.19.